The van der Waals surface area contributed by atoms with Gasteiger partial charge in [0.2, 0.25) is 0 Å². The highest BCUT2D eigenvalue weighted by atomic mass is 35.5. The summed E-state index contributed by atoms with van der Waals surface area (Å²) < 4.78 is 0. The molecule has 1 aliphatic rings. The van der Waals surface area contributed by atoms with E-state index >= 15 is 0 Å². The zero-order valence-electron chi connectivity index (χ0n) is 8.03. The molecule has 3 rings (SSSR count). The number of halogens is 1. The van der Waals surface area contributed by atoms with E-state index in [0.29, 0.717) is 0 Å². The minimum absolute atomic E-state index is 0.884. The standard InChI is InChI=1S/C13H9ClS/c14-11-5-3-7-13-10(11)8-9-4-1-2-6-12(9)15-13/h1-7H,8H2. The minimum atomic E-state index is 0.884. The second-order valence-corrected chi connectivity index (χ2v) is 5.09. The van der Waals surface area contributed by atoms with Crippen molar-refractivity contribution in [2.24, 2.45) is 0 Å². The van der Waals surface area contributed by atoms with E-state index in [-0.39, 0.29) is 0 Å². The Kier molecular flexibility index (Phi) is 2.23. The first-order valence-electron chi connectivity index (χ1n) is 4.88. The topological polar surface area (TPSA) is 0 Å². The molecule has 0 spiro atoms. The van der Waals surface area contributed by atoms with Crippen molar-refractivity contribution in [3.63, 3.8) is 0 Å². The SMILES string of the molecule is Clc1cccc2c1Cc1ccccc1S2. The second-order valence-electron chi connectivity index (χ2n) is 3.60. The molecule has 0 fully saturated rings. The monoisotopic (exact) mass is 232 g/mol. The summed E-state index contributed by atoms with van der Waals surface area (Å²) in [5.41, 5.74) is 2.64. The first-order valence-corrected chi connectivity index (χ1v) is 6.07. The van der Waals surface area contributed by atoms with Crippen LogP contribution in [0.1, 0.15) is 11.1 Å². The largest absolute Gasteiger partial charge is 0.0894 e. The lowest BCUT2D eigenvalue weighted by Gasteiger charge is -2.19. The van der Waals surface area contributed by atoms with Crippen molar-refractivity contribution in [1.29, 1.82) is 0 Å². The lowest BCUT2D eigenvalue weighted by Crippen LogP contribution is -1.99. The molecule has 0 radical (unpaired) electrons. The Hall–Kier alpha value is -0.920. The summed E-state index contributed by atoms with van der Waals surface area (Å²) >= 11 is 8.01. The first-order chi connectivity index (χ1) is 7.34. The molecule has 74 valence electrons. The Morgan fingerprint density at radius 2 is 1.73 bits per heavy atom. The third-order valence-corrected chi connectivity index (χ3v) is 4.21. The van der Waals surface area contributed by atoms with Crippen molar-refractivity contribution in [2.45, 2.75) is 16.2 Å². The molecule has 2 heteroatoms. The van der Waals surface area contributed by atoms with E-state index in [1.807, 2.05) is 23.9 Å². The highest BCUT2D eigenvalue weighted by molar-refractivity contribution is 7.99. The molecule has 15 heavy (non-hydrogen) atoms. The van der Waals surface area contributed by atoms with Crippen LogP contribution in [-0.2, 0) is 6.42 Å². The zero-order valence-corrected chi connectivity index (χ0v) is 9.61. The highest BCUT2D eigenvalue weighted by Gasteiger charge is 2.17. The molecular weight excluding hydrogens is 224 g/mol. The Bertz CT molecular complexity index is 520. The van der Waals surface area contributed by atoms with Crippen molar-refractivity contribution in [3.05, 3.63) is 58.6 Å². The molecular formula is C13H9ClS. The summed E-state index contributed by atoms with van der Waals surface area (Å²) in [6, 6.07) is 14.6. The number of benzene rings is 2. The van der Waals surface area contributed by atoms with Gasteiger partial charge in [-0.05, 0) is 29.3 Å². The normalized spacial score (nSPS) is 13.1. The van der Waals surface area contributed by atoms with Gasteiger partial charge in [-0.15, -0.1) is 0 Å². The van der Waals surface area contributed by atoms with Crippen molar-refractivity contribution >= 4 is 23.4 Å². The van der Waals surface area contributed by atoms with Crippen LogP contribution in [0.2, 0.25) is 5.02 Å². The molecule has 2 aromatic rings. The van der Waals surface area contributed by atoms with Crippen LogP contribution < -0.4 is 0 Å². The molecule has 0 aromatic heterocycles. The molecule has 0 unspecified atom stereocenters. The van der Waals surface area contributed by atoms with Gasteiger partial charge in [-0.25, -0.2) is 0 Å². The van der Waals surface area contributed by atoms with Gasteiger partial charge < -0.3 is 0 Å². The molecule has 0 bridgehead atoms. The molecule has 0 amide bonds. The van der Waals surface area contributed by atoms with Crippen LogP contribution >= 0.6 is 23.4 Å². The van der Waals surface area contributed by atoms with Crippen molar-refractivity contribution in [1.82, 2.24) is 0 Å². The quantitative estimate of drug-likeness (QED) is 0.554. The maximum atomic E-state index is 6.20. The number of hydrogen-bond donors (Lipinski definition) is 0. The molecule has 2 aromatic carbocycles. The summed E-state index contributed by atoms with van der Waals surface area (Å²) in [7, 11) is 0. The molecule has 0 saturated carbocycles. The average molecular weight is 233 g/mol. The second kappa shape index (κ2) is 3.58. The summed E-state index contributed by atoms with van der Waals surface area (Å²) in [4.78, 5) is 2.65. The van der Waals surface area contributed by atoms with Gasteiger partial charge >= 0.3 is 0 Å². The van der Waals surface area contributed by atoms with Crippen LogP contribution in [0.3, 0.4) is 0 Å². The molecule has 0 aliphatic carbocycles. The van der Waals surface area contributed by atoms with Gasteiger partial charge in [-0.3, -0.25) is 0 Å². The van der Waals surface area contributed by atoms with Gasteiger partial charge in [-0.2, -0.15) is 0 Å². The molecule has 0 atom stereocenters. The summed E-state index contributed by atoms with van der Waals surface area (Å²) in [5, 5.41) is 0.884. The maximum Gasteiger partial charge on any atom is 0.0452 e. The molecule has 0 saturated heterocycles. The summed E-state index contributed by atoms with van der Waals surface area (Å²) in [5.74, 6) is 0. The maximum absolute atomic E-state index is 6.20. The van der Waals surface area contributed by atoms with E-state index in [4.69, 9.17) is 11.6 Å². The van der Waals surface area contributed by atoms with Gasteiger partial charge in [0, 0.05) is 21.2 Å². The number of hydrogen-bond acceptors (Lipinski definition) is 1. The first kappa shape index (κ1) is 9.32. The fraction of sp³-hybridized carbons (Fsp3) is 0.0769. The predicted molar refractivity (Wildman–Crippen MR) is 64.8 cm³/mol. The van der Waals surface area contributed by atoms with Crippen molar-refractivity contribution < 1.29 is 0 Å². The van der Waals surface area contributed by atoms with Crippen LogP contribution in [0.25, 0.3) is 0 Å². The van der Waals surface area contributed by atoms with E-state index in [9.17, 15) is 0 Å². The van der Waals surface area contributed by atoms with Crippen LogP contribution in [0, 0.1) is 0 Å². The summed E-state index contributed by atoms with van der Waals surface area (Å²) in [6.07, 6.45) is 0.957. The molecule has 1 heterocycles. The van der Waals surface area contributed by atoms with Gasteiger partial charge in [0.05, 0.1) is 0 Å². The van der Waals surface area contributed by atoms with Crippen molar-refractivity contribution in [3.8, 4) is 0 Å². The molecule has 1 aliphatic heterocycles. The predicted octanol–water partition coefficient (Wildman–Crippen LogP) is 4.40. The van der Waals surface area contributed by atoms with E-state index in [2.05, 4.69) is 30.3 Å². The van der Waals surface area contributed by atoms with Crippen LogP contribution in [0.4, 0.5) is 0 Å². The fourth-order valence-corrected chi connectivity index (χ4v) is 3.27. The average Bonchev–Trinajstić information content (AvgIpc) is 2.27. The Morgan fingerprint density at radius 3 is 2.67 bits per heavy atom. The lowest BCUT2D eigenvalue weighted by molar-refractivity contribution is 1.06. The smallest absolute Gasteiger partial charge is 0.0452 e. The highest BCUT2D eigenvalue weighted by Crippen LogP contribution is 2.41. The van der Waals surface area contributed by atoms with Crippen LogP contribution in [-0.4, -0.2) is 0 Å². The Labute approximate surface area is 98.3 Å². The molecule has 0 nitrogen and oxygen atoms in total. The van der Waals surface area contributed by atoms with Crippen molar-refractivity contribution in [2.75, 3.05) is 0 Å². The van der Waals surface area contributed by atoms with Gasteiger partial charge in [-0.1, -0.05) is 47.6 Å². The third kappa shape index (κ3) is 1.56. The Balaban J connectivity index is 2.15. The Morgan fingerprint density at radius 1 is 0.933 bits per heavy atom. The number of rotatable bonds is 0. The third-order valence-electron chi connectivity index (χ3n) is 2.64. The fourth-order valence-electron chi connectivity index (χ4n) is 1.86. The summed E-state index contributed by atoms with van der Waals surface area (Å²) in [6.45, 7) is 0. The zero-order chi connectivity index (χ0) is 10.3. The number of fused-ring (bicyclic) bond motifs is 2. The van der Waals surface area contributed by atoms with Gasteiger partial charge in [0.15, 0.2) is 0 Å². The minimum Gasteiger partial charge on any atom is -0.0894 e. The van der Waals surface area contributed by atoms with Crippen LogP contribution in [0.15, 0.2) is 52.3 Å². The van der Waals surface area contributed by atoms with E-state index in [1.54, 1.807) is 0 Å². The van der Waals surface area contributed by atoms with E-state index in [1.165, 1.54) is 20.9 Å². The molecule has 0 N–H and O–H groups in total. The van der Waals surface area contributed by atoms with Gasteiger partial charge in [0.25, 0.3) is 0 Å². The van der Waals surface area contributed by atoms with Crippen LogP contribution in [0.5, 0.6) is 0 Å². The van der Waals surface area contributed by atoms with Gasteiger partial charge in [0.1, 0.15) is 0 Å². The lowest BCUT2D eigenvalue weighted by atomic mass is 10.0. The van der Waals surface area contributed by atoms with E-state index < -0.39 is 0 Å². The van der Waals surface area contributed by atoms with E-state index in [0.717, 1.165) is 11.4 Å².